The molecular formula is C14H18BrN3. The molecule has 1 atom stereocenters. The Bertz CT molecular complexity index is 534. The van der Waals surface area contributed by atoms with Gasteiger partial charge in [0, 0.05) is 23.3 Å². The Hall–Kier alpha value is -1.13. The molecular weight excluding hydrogens is 290 g/mol. The van der Waals surface area contributed by atoms with Crippen LogP contribution in [0.2, 0.25) is 0 Å². The van der Waals surface area contributed by atoms with Gasteiger partial charge in [-0.25, -0.2) is 0 Å². The summed E-state index contributed by atoms with van der Waals surface area (Å²) in [6.07, 6.45) is 4.77. The molecule has 3 nitrogen and oxygen atoms in total. The van der Waals surface area contributed by atoms with Crippen molar-refractivity contribution in [1.82, 2.24) is 9.78 Å². The summed E-state index contributed by atoms with van der Waals surface area (Å²) in [5, 5.41) is 4.26. The fourth-order valence-electron chi connectivity index (χ4n) is 1.90. The molecule has 0 fully saturated rings. The van der Waals surface area contributed by atoms with Crippen LogP contribution in [0.1, 0.15) is 29.7 Å². The third-order valence-electron chi connectivity index (χ3n) is 3.09. The first-order valence-electron chi connectivity index (χ1n) is 6.13. The fourth-order valence-corrected chi connectivity index (χ4v) is 2.29. The Kier molecular flexibility index (Phi) is 4.19. The van der Waals surface area contributed by atoms with E-state index in [4.69, 9.17) is 5.73 Å². The van der Waals surface area contributed by atoms with Gasteiger partial charge in [0.25, 0.3) is 0 Å². The molecule has 0 radical (unpaired) electrons. The first-order valence-corrected chi connectivity index (χ1v) is 6.92. The van der Waals surface area contributed by atoms with Crippen LogP contribution in [0.4, 0.5) is 0 Å². The zero-order valence-electron chi connectivity index (χ0n) is 10.7. The number of aryl methyl sites for hydroxylation is 2. The lowest BCUT2D eigenvalue weighted by Gasteiger charge is -2.12. The fraction of sp³-hybridized carbons (Fsp3) is 0.357. The molecule has 0 aliphatic carbocycles. The van der Waals surface area contributed by atoms with E-state index in [2.05, 4.69) is 59.3 Å². The predicted octanol–water partition coefficient (Wildman–Crippen LogP) is 3.22. The summed E-state index contributed by atoms with van der Waals surface area (Å²) >= 11 is 3.54. The van der Waals surface area contributed by atoms with E-state index in [1.807, 2.05) is 10.9 Å². The summed E-state index contributed by atoms with van der Waals surface area (Å²) in [5.74, 6) is 0. The van der Waals surface area contributed by atoms with Crippen molar-refractivity contribution in [2.45, 2.75) is 32.9 Å². The first-order chi connectivity index (χ1) is 8.60. The molecule has 0 aliphatic heterocycles. The maximum atomic E-state index is 6.24. The average Bonchev–Trinajstić information content (AvgIpc) is 2.80. The van der Waals surface area contributed by atoms with Crippen molar-refractivity contribution in [2.24, 2.45) is 5.73 Å². The maximum Gasteiger partial charge on any atom is 0.0522 e. The normalized spacial score (nSPS) is 12.7. The summed E-state index contributed by atoms with van der Waals surface area (Å²) in [5.41, 5.74) is 9.80. The van der Waals surface area contributed by atoms with Crippen LogP contribution >= 0.6 is 15.9 Å². The summed E-state index contributed by atoms with van der Waals surface area (Å²) < 4.78 is 3.03. The highest BCUT2D eigenvalue weighted by atomic mass is 79.9. The number of halogens is 1. The van der Waals surface area contributed by atoms with Crippen LogP contribution in [0, 0.1) is 6.92 Å². The van der Waals surface area contributed by atoms with Crippen molar-refractivity contribution < 1.29 is 0 Å². The summed E-state index contributed by atoms with van der Waals surface area (Å²) in [7, 11) is 0. The number of rotatable bonds is 4. The first kappa shape index (κ1) is 13.3. The minimum Gasteiger partial charge on any atom is -0.324 e. The number of nitrogens with two attached hydrogens (primary N) is 1. The number of benzene rings is 1. The molecule has 2 N–H and O–H groups in total. The van der Waals surface area contributed by atoms with Crippen molar-refractivity contribution in [3.63, 3.8) is 0 Å². The molecule has 1 unspecified atom stereocenters. The highest BCUT2D eigenvalue weighted by Crippen LogP contribution is 2.22. The second-order valence-corrected chi connectivity index (χ2v) is 5.38. The van der Waals surface area contributed by atoms with Crippen molar-refractivity contribution in [2.75, 3.05) is 0 Å². The monoisotopic (exact) mass is 307 g/mol. The van der Waals surface area contributed by atoms with Gasteiger partial charge in [0.2, 0.25) is 0 Å². The van der Waals surface area contributed by atoms with E-state index in [1.54, 1.807) is 0 Å². The van der Waals surface area contributed by atoms with Crippen molar-refractivity contribution >= 4 is 15.9 Å². The van der Waals surface area contributed by atoms with Crippen LogP contribution in [0.15, 0.2) is 35.1 Å². The third-order valence-corrected chi connectivity index (χ3v) is 3.94. The molecule has 2 aromatic rings. The Morgan fingerprint density at radius 2 is 2.22 bits per heavy atom. The highest BCUT2D eigenvalue weighted by molar-refractivity contribution is 9.10. The number of nitrogens with zero attached hydrogens (tertiary/aromatic N) is 2. The van der Waals surface area contributed by atoms with Crippen molar-refractivity contribution in [3.8, 4) is 0 Å². The number of hydrogen-bond acceptors (Lipinski definition) is 2. The Balaban J connectivity index is 2.11. The molecule has 1 aromatic heterocycles. The van der Waals surface area contributed by atoms with E-state index < -0.39 is 0 Å². The van der Waals surface area contributed by atoms with E-state index >= 15 is 0 Å². The standard InChI is InChI=1S/C14H18BrN3/c1-3-18-9-11(8-17-18)6-14(16)12-5-4-10(2)13(15)7-12/h4-5,7-9,14H,3,6,16H2,1-2H3. The molecule has 2 rings (SSSR count). The van der Waals surface area contributed by atoms with Gasteiger partial charge < -0.3 is 5.73 Å². The lowest BCUT2D eigenvalue weighted by Crippen LogP contribution is -2.13. The van der Waals surface area contributed by atoms with Crippen LogP contribution in [-0.4, -0.2) is 9.78 Å². The molecule has 0 saturated carbocycles. The van der Waals surface area contributed by atoms with Gasteiger partial charge in [-0.05, 0) is 43.0 Å². The zero-order valence-corrected chi connectivity index (χ0v) is 12.3. The Morgan fingerprint density at radius 1 is 1.44 bits per heavy atom. The predicted molar refractivity (Wildman–Crippen MR) is 77.4 cm³/mol. The SMILES string of the molecule is CCn1cc(CC(N)c2ccc(C)c(Br)c2)cn1. The molecule has 0 amide bonds. The molecule has 0 bridgehead atoms. The van der Waals surface area contributed by atoms with E-state index in [-0.39, 0.29) is 6.04 Å². The molecule has 96 valence electrons. The van der Waals surface area contributed by atoms with E-state index in [1.165, 1.54) is 11.1 Å². The van der Waals surface area contributed by atoms with Gasteiger partial charge >= 0.3 is 0 Å². The van der Waals surface area contributed by atoms with E-state index in [0.29, 0.717) is 0 Å². The molecule has 4 heteroatoms. The number of aromatic nitrogens is 2. The van der Waals surface area contributed by atoms with Crippen molar-refractivity contribution in [3.05, 3.63) is 51.8 Å². The molecule has 18 heavy (non-hydrogen) atoms. The average molecular weight is 308 g/mol. The minimum atomic E-state index is 0.0106. The molecule has 1 aromatic carbocycles. The third kappa shape index (κ3) is 3.00. The van der Waals surface area contributed by atoms with Crippen molar-refractivity contribution in [1.29, 1.82) is 0 Å². The zero-order chi connectivity index (χ0) is 13.1. The van der Waals surface area contributed by atoms with Gasteiger partial charge in [-0.3, -0.25) is 4.68 Å². The molecule has 0 aliphatic rings. The van der Waals surface area contributed by atoms with Crippen LogP contribution < -0.4 is 5.73 Å². The van der Waals surface area contributed by atoms with Gasteiger partial charge in [0.1, 0.15) is 0 Å². The topological polar surface area (TPSA) is 43.8 Å². The van der Waals surface area contributed by atoms with Gasteiger partial charge in [-0.1, -0.05) is 28.1 Å². The number of hydrogen-bond donors (Lipinski definition) is 1. The second-order valence-electron chi connectivity index (χ2n) is 4.52. The largest absolute Gasteiger partial charge is 0.324 e. The smallest absolute Gasteiger partial charge is 0.0522 e. The quantitative estimate of drug-likeness (QED) is 0.942. The van der Waals surface area contributed by atoms with Crippen LogP contribution in [-0.2, 0) is 13.0 Å². The van der Waals surface area contributed by atoms with Gasteiger partial charge in [-0.15, -0.1) is 0 Å². The second kappa shape index (κ2) is 5.67. The highest BCUT2D eigenvalue weighted by Gasteiger charge is 2.09. The van der Waals surface area contributed by atoms with Gasteiger partial charge in [0.05, 0.1) is 6.20 Å². The lowest BCUT2D eigenvalue weighted by atomic mass is 10.0. The maximum absolute atomic E-state index is 6.24. The summed E-state index contributed by atoms with van der Waals surface area (Å²) in [6.45, 7) is 5.05. The molecule has 0 spiro atoms. The van der Waals surface area contributed by atoms with Gasteiger partial charge in [0.15, 0.2) is 0 Å². The van der Waals surface area contributed by atoms with Crippen LogP contribution in [0.3, 0.4) is 0 Å². The summed E-state index contributed by atoms with van der Waals surface area (Å²) in [6, 6.07) is 6.30. The van der Waals surface area contributed by atoms with Crippen LogP contribution in [0.25, 0.3) is 0 Å². The van der Waals surface area contributed by atoms with Gasteiger partial charge in [-0.2, -0.15) is 5.10 Å². The Labute approximate surface area is 116 Å². The van der Waals surface area contributed by atoms with E-state index in [9.17, 15) is 0 Å². The minimum absolute atomic E-state index is 0.0106. The lowest BCUT2D eigenvalue weighted by molar-refractivity contribution is 0.657. The summed E-state index contributed by atoms with van der Waals surface area (Å²) in [4.78, 5) is 0. The molecule has 0 saturated heterocycles. The van der Waals surface area contributed by atoms with Crippen LogP contribution in [0.5, 0.6) is 0 Å². The molecule has 1 heterocycles. The Morgan fingerprint density at radius 3 is 2.83 bits per heavy atom. The van der Waals surface area contributed by atoms with E-state index in [0.717, 1.165) is 23.0 Å².